The maximum absolute atomic E-state index is 13.4. The molecular weight excluding hydrogens is 318 g/mol. The summed E-state index contributed by atoms with van der Waals surface area (Å²) in [5.41, 5.74) is -0.00804. The summed E-state index contributed by atoms with van der Waals surface area (Å²) in [5.74, 6) is -1.57. The van der Waals surface area contributed by atoms with Gasteiger partial charge in [-0.25, -0.2) is 9.18 Å². The van der Waals surface area contributed by atoms with Crippen LogP contribution in [0.25, 0.3) is 10.1 Å². The number of carboxylic acid groups (broad SMARTS) is 1. The summed E-state index contributed by atoms with van der Waals surface area (Å²) >= 11 is 3.35. The average Bonchev–Trinajstić information content (AvgIpc) is 2.48. The summed E-state index contributed by atoms with van der Waals surface area (Å²) in [7, 11) is 0. The number of carboxylic acids is 1. The SMILES string of the molecule is O=C(O)c1cc(F)c2scc(I)c2c1. The molecule has 0 atom stereocenters. The molecule has 0 aliphatic rings. The van der Waals surface area contributed by atoms with Crippen molar-refractivity contribution in [1.29, 1.82) is 0 Å². The van der Waals surface area contributed by atoms with E-state index in [9.17, 15) is 9.18 Å². The summed E-state index contributed by atoms with van der Waals surface area (Å²) < 4.78 is 14.8. The van der Waals surface area contributed by atoms with Crippen LogP contribution < -0.4 is 0 Å². The molecule has 14 heavy (non-hydrogen) atoms. The van der Waals surface area contributed by atoms with Crippen molar-refractivity contribution in [2.45, 2.75) is 0 Å². The Morgan fingerprint density at radius 3 is 2.86 bits per heavy atom. The van der Waals surface area contributed by atoms with Gasteiger partial charge in [0.2, 0.25) is 0 Å². The molecule has 0 amide bonds. The lowest BCUT2D eigenvalue weighted by molar-refractivity contribution is 0.0696. The quantitative estimate of drug-likeness (QED) is 0.818. The molecular formula is C9H4FIO2S. The molecule has 0 radical (unpaired) electrons. The van der Waals surface area contributed by atoms with Gasteiger partial charge in [0.15, 0.2) is 0 Å². The van der Waals surface area contributed by atoms with Gasteiger partial charge in [-0.05, 0) is 34.7 Å². The molecule has 0 spiro atoms. The second-order valence-electron chi connectivity index (χ2n) is 2.72. The first-order chi connectivity index (χ1) is 6.59. The van der Waals surface area contributed by atoms with Crippen LogP contribution in [0.2, 0.25) is 0 Å². The van der Waals surface area contributed by atoms with Gasteiger partial charge in [-0.2, -0.15) is 0 Å². The first-order valence-electron chi connectivity index (χ1n) is 3.69. The highest BCUT2D eigenvalue weighted by atomic mass is 127. The lowest BCUT2D eigenvalue weighted by Crippen LogP contribution is -1.96. The van der Waals surface area contributed by atoms with E-state index in [1.54, 1.807) is 5.38 Å². The van der Waals surface area contributed by atoms with Crippen molar-refractivity contribution >= 4 is 50.0 Å². The van der Waals surface area contributed by atoms with Crippen LogP contribution in [0.15, 0.2) is 17.5 Å². The Labute approximate surface area is 96.5 Å². The molecule has 0 unspecified atom stereocenters. The van der Waals surface area contributed by atoms with Gasteiger partial charge in [-0.3, -0.25) is 0 Å². The molecule has 1 aromatic heterocycles. The topological polar surface area (TPSA) is 37.3 Å². The maximum Gasteiger partial charge on any atom is 0.335 e. The number of fused-ring (bicyclic) bond motifs is 1. The second-order valence-corrected chi connectivity index (χ2v) is 4.77. The number of halogens is 2. The van der Waals surface area contributed by atoms with E-state index < -0.39 is 11.8 Å². The van der Waals surface area contributed by atoms with E-state index in [2.05, 4.69) is 22.6 Å². The van der Waals surface area contributed by atoms with Crippen molar-refractivity contribution in [3.05, 3.63) is 32.5 Å². The summed E-state index contributed by atoms with van der Waals surface area (Å²) in [6, 6.07) is 2.55. The van der Waals surface area contributed by atoms with E-state index in [0.29, 0.717) is 10.1 Å². The largest absolute Gasteiger partial charge is 0.478 e. The Balaban J connectivity index is 2.82. The van der Waals surface area contributed by atoms with E-state index in [1.807, 2.05) is 0 Å². The lowest BCUT2D eigenvalue weighted by Gasteiger charge is -1.97. The summed E-state index contributed by atoms with van der Waals surface area (Å²) in [5, 5.41) is 11.2. The minimum absolute atomic E-state index is 0.00804. The number of thiophene rings is 1. The summed E-state index contributed by atoms with van der Waals surface area (Å²) in [6.45, 7) is 0. The Morgan fingerprint density at radius 2 is 2.21 bits per heavy atom. The van der Waals surface area contributed by atoms with Crippen LogP contribution in [0.4, 0.5) is 4.39 Å². The smallest absolute Gasteiger partial charge is 0.335 e. The molecule has 2 rings (SSSR count). The van der Waals surface area contributed by atoms with E-state index in [0.717, 1.165) is 9.64 Å². The molecule has 2 nitrogen and oxygen atoms in total. The van der Waals surface area contributed by atoms with Crippen LogP contribution in [0.5, 0.6) is 0 Å². The van der Waals surface area contributed by atoms with Crippen molar-refractivity contribution in [3.8, 4) is 0 Å². The molecule has 1 aromatic carbocycles. The highest BCUT2D eigenvalue weighted by Crippen LogP contribution is 2.30. The summed E-state index contributed by atoms with van der Waals surface area (Å²) in [6.07, 6.45) is 0. The number of aromatic carboxylic acids is 1. The van der Waals surface area contributed by atoms with Gasteiger partial charge in [-0.1, -0.05) is 0 Å². The second kappa shape index (κ2) is 3.47. The predicted molar refractivity (Wildman–Crippen MR) is 61.5 cm³/mol. The fourth-order valence-electron chi connectivity index (χ4n) is 1.19. The normalized spacial score (nSPS) is 10.7. The van der Waals surface area contributed by atoms with Crippen LogP contribution >= 0.6 is 33.9 Å². The van der Waals surface area contributed by atoms with E-state index in [4.69, 9.17) is 5.11 Å². The number of rotatable bonds is 1. The predicted octanol–water partition coefficient (Wildman–Crippen LogP) is 3.34. The third-order valence-electron chi connectivity index (χ3n) is 1.83. The van der Waals surface area contributed by atoms with Crippen molar-refractivity contribution in [2.75, 3.05) is 0 Å². The Kier molecular flexibility index (Phi) is 2.44. The van der Waals surface area contributed by atoms with Gasteiger partial charge in [0.25, 0.3) is 0 Å². The molecule has 2 aromatic rings. The first kappa shape index (κ1) is 9.85. The average molecular weight is 322 g/mol. The third kappa shape index (κ3) is 1.50. The third-order valence-corrected chi connectivity index (χ3v) is 4.15. The molecule has 0 aliphatic heterocycles. The molecule has 0 saturated heterocycles. The fourth-order valence-corrected chi connectivity index (χ4v) is 2.99. The number of benzene rings is 1. The highest BCUT2D eigenvalue weighted by Gasteiger charge is 2.12. The molecule has 5 heteroatoms. The van der Waals surface area contributed by atoms with Gasteiger partial charge < -0.3 is 5.11 Å². The minimum atomic E-state index is -1.10. The van der Waals surface area contributed by atoms with Gasteiger partial charge in [-0.15, -0.1) is 11.3 Å². The van der Waals surface area contributed by atoms with Gasteiger partial charge in [0, 0.05) is 14.3 Å². The van der Waals surface area contributed by atoms with Crippen molar-refractivity contribution in [1.82, 2.24) is 0 Å². The van der Waals surface area contributed by atoms with Crippen molar-refractivity contribution in [2.24, 2.45) is 0 Å². The van der Waals surface area contributed by atoms with Crippen LogP contribution in [0.1, 0.15) is 10.4 Å². The van der Waals surface area contributed by atoms with Crippen LogP contribution in [-0.2, 0) is 0 Å². The molecule has 0 aliphatic carbocycles. The zero-order valence-electron chi connectivity index (χ0n) is 6.75. The molecule has 0 bridgehead atoms. The molecule has 72 valence electrons. The van der Waals surface area contributed by atoms with Crippen molar-refractivity contribution in [3.63, 3.8) is 0 Å². The van der Waals surface area contributed by atoms with E-state index >= 15 is 0 Å². The number of hydrogen-bond donors (Lipinski definition) is 1. The van der Waals surface area contributed by atoms with Crippen LogP contribution in [0.3, 0.4) is 0 Å². The first-order valence-corrected chi connectivity index (χ1v) is 5.65. The van der Waals surface area contributed by atoms with E-state index in [1.165, 1.54) is 17.4 Å². The van der Waals surface area contributed by atoms with Gasteiger partial charge in [0.05, 0.1) is 10.3 Å². The zero-order chi connectivity index (χ0) is 10.3. The number of carbonyl (C=O) groups is 1. The minimum Gasteiger partial charge on any atom is -0.478 e. The zero-order valence-corrected chi connectivity index (χ0v) is 9.73. The van der Waals surface area contributed by atoms with Gasteiger partial charge in [0.1, 0.15) is 5.82 Å². The molecule has 1 heterocycles. The fraction of sp³-hybridized carbons (Fsp3) is 0. The highest BCUT2D eigenvalue weighted by molar-refractivity contribution is 14.1. The molecule has 1 N–H and O–H groups in total. The monoisotopic (exact) mass is 322 g/mol. The number of hydrogen-bond acceptors (Lipinski definition) is 2. The Hall–Kier alpha value is -0.690. The van der Waals surface area contributed by atoms with Crippen LogP contribution in [0, 0.1) is 9.39 Å². The van der Waals surface area contributed by atoms with Crippen molar-refractivity contribution < 1.29 is 14.3 Å². The molecule has 0 saturated carbocycles. The molecule has 0 fully saturated rings. The summed E-state index contributed by atoms with van der Waals surface area (Å²) in [4.78, 5) is 10.7. The lowest BCUT2D eigenvalue weighted by atomic mass is 10.1. The Bertz CT molecular complexity index is 521. The maximum atomic E-state index is 13.4. The van der Waals surface area contributed by atoms with Gasteiger partial charge >= 0.3 is 5.97 Å². The van der Waals surface area contributed by atoms with Crippen LogP contribution in [-0.4, -0.2) is 11.1 Å². The standard InChI is InChI=1S/C9H4FIO2S/c10-6-2-4(9(12)13)1-5-7(11)3-14-8(5)6/h1-3H,(H,12,13). The van der Waals surface area contributed by atoms with E-state index in [-0.39, 0.29) is 5.56 Å². The Morgan fingerprint density at radius 1 is 1.50 bits per heavy atom.